The van der Waals surface area contributed by atoms with E-state index in [1.165, 1.54) is 297 Å². The molecule has 0 saturated heterocycles. The van der Waals surface area contributed by atoms with Gasteiger partial charge < -0.3 is 0 Å². The molecule has 10 rings (SSSR count). The molecule has 0 unspecified atom stereocenters. The number of rotatable bonds is 42. The van der Waals surface area contributed by atoms with Gasteiger partial charge in [-0.3, -0.25) is 0 Å². The highest BCUT2D eigenvalue weighted by molar-refractivity contribution is 7.22. The SMILES string of the molecule is CCCCCCCCCCC1(CCCCCCCCCC)c2ccccc2-c2ccc(C=Cc3ccc(-c4nc5cccc(-c6ccc(C=Cc7ccc8c(c7)C(CCCCCCCCCC)(CCCCCCCCCC)c7ccccc7-8)cc6)c5s4)cc3)cc21. The third-order valence-corrected chi connectivity index (χ3v) is 22.3. The van der Waals surface area contributed by atoms with Gasteiger partial charge in [0.1, 0.15) is 5.01 Å². The van der Waals surface area contributed by atoms with Crippen LogP contribution in [0.4, 0.5) is 0 Å². The zero-order valence-corrected chi connectivity index (χ0v) is 57.9. The first-order valence-corrected chi connectivity index (χ1v) is 38.3. The third kappa shape index (κ3) is 17.8. The van der Waals surface area contributed by atoms with Crippen LogP contribution in [0.1, 0.15) is 303 Å². The summed E-state index contributed by atoms with van der Waals surface area (Å²) in [4.78, 5) is 5.24. The Morgan fingerprint density at radius 2 is 0.604 bits per heavy atom. The van der Waals surface area contributed by atoms with Gasteiger partial charge in [0.15, 0.2) is 0 Å². The first-order chi connectivity index (χ1) is 45.0. The van der Waals surface area contributed by atoms with Crippen LogP contribution in [0.5, 0.6) is 0 Å². The van der Waals surface area contributed by atoms with E-state index in [1.807, 2.05) is 11.3 Å². The molecular weight excluding hydrogens is 1120 g/mol. The lowest BCUT2D eigenvalue weighted by atomic mass is 9.70. The molecule has 1 aromatic heterocycles. The topological polar surface area (TPSA) is 12.9 Å². The van der Waals surface area contributed by atoms with Crippen LogP contribution in [0.3, 0.4) is 0 Å². The van der Waals surface area contributed by atoms with Crippen molar-refractivity contribution in [3.05, 3.63) is 196 Å². The third-order valence-electron chi connectivity index (χ3n) is 21.1. The second-order valence-corrected chi connectivity index (χ2v) is 28.8. The van der Waals surface area contributed by atoms with E-state index in [0.29, 0.717) is 0 Å². The van der Waals surface area contributed by atoms with Gasteiger partial charge in [0.05, 0.1) is 10.2 Å². The van der Waals surface area contributed by atoms with Gasteiger partial charge in [0.2, 0.25) is 0 Å². The van der Waals surface area contributed by atoms with Gasteiger partial charge in [-0.2, -0.15) is 0 Å². The molecule has 0 radical (unpaired) electrons. The molecule has 2 heteroatoms. The Bertz CT molecular complexity index is 3470. The largest absolute Gasteiger partial charge is 0.236 e. The fourth-order valence-electron chi connectivity index (χ4n) is 15.9. The maximum absolute atomic E-state index is 5.24. The van der Waals surface area contributed by atoms with Gasteiger partial charge in [0.25, 0.3) is 0 Å². The molecule has 2 aliphatic rings. The number of hydrogen-bond acceptors (Lipinski definition) is 2. The summed E-state index contributed by atoms with van der Waals surface area (Å²) in [6.45, 7) is 9.29. The fraction of sp³-hybridized carbons (Fsp3) is 0.472. The fourth-order valence-corrected chi connectivity index (χ4v) is 17.0. The van der Waals surface area contributed by atoms with Crippen LogP contribution >= 0.6 is 11.3 Å². The summed E-state index contributed by atoms with van der Waals surface area (Å²) in [7, 11) is 0. The van der Waals surface area contributed by atoms with Gasteiger partial charge in [-0.25, -0.2) is 4.98 Å². The van der Waals surface area contributed by atoms with Crippen LogP contribution in [0.15, 0.2) is 152 Å². The predicted molar refractivity (Wildman–Crippen MR) is 403 cm³/mol. The van der Waals surface area contributed by atoms with E-state index < -0.39 is 0 Å². The summed E-state index contributed by atoms with van der Waals surface area (Å²) in [5.74, 6) is 0. The minimum atomic E-state index is 0.0883. The van der Waals surface area contributed by atoms with E-state index in [-0.39, 0.29) is 10.8 Å². The number of hydrogen-bond donors (Lipinski definition) is 0. The van der Waals surface area contributed by atoms with E-state index in [2.05, 4.69) is 204 Å². The molecule has 0 N–H and O–H groups in total. The normalized spacial score (nSPS) is 13.6. The summed E-state index contributed by atoms with van der Waals surface area (Å²) in [6, 6.07) is 58.6. The second-order valence-electron chi connectivity index (χ2n) is 27.8. The quantitative estimate of drug-likeness (QED) is 0.0274. The number of aromatic nitrogens is 1. The average molecular weight is 1230 g/mol. The summed E-state index contributed by atoms with van der Waals surface area (Å²) in [5, 5.41) is 1.07. The highest BCUT2D eigenvalue weighted by atomic mass is 32.1. The lowest BCUT2D eigenvalue weighted by Crippen LogP contribution is -2.25. The molecule has 8 aromatic rings. The van der Waals surface area contributed by atoms with Crippen LogP contribution in [0.2, 0.25) is 0 Å². The Morgan fingerprint density at radius 1 is 0.286 bits per heavy atom. The van der Waals surface area contributed by atoms with E-state index >= 15 is 0 Å². The van der Waals surface area contributed by atoms with Crippen molar-refractivity contribution in [2.75, 3.05) is 0 Å². The van der Waals surface area contributed by atoms with Crippen LogP contribution in [0, 0.1) is 0 Å². The monoisotopic (exact) mass is 1230 g/mol. The summed E-state index contributed by atoms with van der Waals surface area (Å²) in [6.07, 6.45) is 58.0. The molecule has 1 heterocycles. The van der Waals surface area contributed by atoms with Gasteiger partial charge in [0, 0.05) is 22.0 Å². The Balaban J connectivity index is 0.812. The zero-order valence-electron chi connectivity index (χ0n) is 57.1. The molecule has 0 bridgehead atoms. The summed E-state index contributed by atoms with van der Waals surface area (Å²) >= 11 is 1.81. The molecule has 0 amide bonds. The maximum atomic E-state index is 5.24. The van der Waals surface area contributed by atoms with Crippen molar-refractivity contribution >= 4 is 45.9 Å². The highest BCUT2D eigenvalue weighted by Gasteiger charge is 2.43. The smallest absolute Gasteiger partial charge is 0.124 e. The molecule has 0 fully saturated rings. The van der Waals surface area contributed by atoms with Crippen molar-refractivity contribution in [2.24, 2.45) is 0 Å². The van der Waals surface area contributed by atoms with E-state index in [9.17, 15) is 0 Å². The van der Waals surface area contributed by atoms with Crippen molar-refractivity contribution in [3.8, 4) is 44.0 Å². The lowest BCUT2D eigenvalue weighted by molar-refractivity contribution is 0.397. The average Bonchev–Trinajstić information content (AvgIpc) is 1.59. The first kappa shape index (κ1) is 67.8. The van der Waals surface area contributed by atoms with Crippen molar-refractivity contribution in [2.45, 2.75) is 270 Å². The summed E-state index contributed by atoms with van der Waals surface area (Å²) in [5.41, 5.74) is 22.1. The van der Waals surface area contributed by atoms with Crippen LogP contribution in [0.25, 0.3) is 78.5 Å². The van der Waals surface area contributed by atoms with Gasteiger partial charge in [-0.1, -0.05) is 403 Å². The van der Waals surface area contributed by atoms with Gasteiger partial charge in [-0.05, 0) is 104 Å². The van der Waals surface area contributed by atoms with Crippen molar-refractivity contribution in [3.63, 3.8) is 0 Å². The number of fused-ring (bicyclic) bond motifs is 7. The van der Waals surface area contributed by atoms with Crippen LogP contribution in [-0.4, -0.2) is 4.98 Å². The molecule has 2 aliphatic carbocycles. The molecule has 7 aromatic carbocycles. The standard InChI is InChI=1S/C89H113NS/c1-5-9-13-17-21-25-29-37-64-88(65-38-30-26-22-18-14-10-6-2)81-45-35-33-42-77(81)79-62-56-72(68-83(79)88)50-48-70-52-58-74(59-53-70)76-44-41-47-85-86(76)91-87(90-85)75-60-54-71(55-61-75)49-51-73-57-63-80-78-43-34-36-46-82(78)89(84(80)69-73,66-39-31-27-23-19-15-11-7-3)67-40-32-28-24-20-16-12-8-4/h33-36,41-63,68-69H,5-32,37-40,64-67H2,1-4H3. The van der Waals surface area contributed by atoms with E-state index in [0.717, 1.165) is 10.5 Å². The second kappa shape index (κ2) is 35.8. The minimum absolute atomic E-state index is 0.0883. The van der Waals surface area contributed by atoms with Crippen molar-refractivity contribution in [1.82, 2.24) is 4.98 Å². The van der Waals surface area contributed by atoms with Crippen molar-refractivity contribution < 1.29 is 0 Å². The number of nitrogens with zero attached hydrogens (tertiary/aromatic N) is 1. The predicted octanol–water partition coefficient (Wildman–Crippen LogP) is 28.6. The van der Waals surface area contributed by atoms with Gasteiger partial charge >= 0.3 is 0 Å². The highest BCUT2D eigenvalue weighted by Crippen LogP contribution is 2.56. The van der Waals surface area contributed by atoms with Gasteiger partial charge in [-0.15, -0.1) is 11.3 Å². The van der Waals surface area contributed by atoms with Crippen LogP contribution < -0.4 is 0 Å². The molecule has 1 nitrogen and oxygen atoms in total. The Kier molecular flexibility index (Phi) is 26.7. The molecule has 0 atom stereocenters. The Labute approximate surface area is 557 Å². The Hall–Kier alpha value is -6.09. The maximum Gasteiger partial charge on any atom is 0.124 e. The zero-order chi connectivity index (χ0) is 62.8. The molecule has 480 valence electrons. The van der Waals surface area contributed by atoms with Crippen molar-refractivity contribution in [1.29, 1.82) is 0 Å². The summed E-state index contributed by atoms with van der Waals surface area (Å²) < 4.78 is 1.24. The van der Waals surface area contributed by atoms with Crippen LogP contribution in [-0.2, 0) is 10.8 Å². The molecular formula is C89H113NS. The molecule has 0 spiro atoms. The lowest BCUT2D eigenvalue weighted by Gasteiger charge is -2.33. The molecule has 91 heavy (non-hydrogen) atoms. The number of thiazole rings is 1. The number of unbranched alkanes of at least 4 members (excludes halogenated alkanes) is 28. The first-order valence-electron chi connectivity index (χ1n) is 37.4. The number of benzene rings is 7. The van der Waals surface area contributed by atoms with E-state index in [4.69, 9.17) is 4.98 Å². The molecule has 0 saturated carbocycles. The minimum Gasteiger partial charge on any atom is -0.236 e. The Morgan fingerprint density at radius 3 is 1.00 bits per heavy atom. The molecule has 0 aliphatic heterocycles. The van der Waals surface area contributed by atoms with E-state index in [1.54, 1.807) is 22.3 Å².